The van der Waals surface area contributed by atoms with Crippen molar-refractivity contribution in [3.63, 3.8) is 0 Å². The monoisotopic (exact) mass is 394 g/mol. The molecule has 2 aromatic rings. The minimum absolute atomic E-state index is 0.0666. The van der Waals surface area contributed by atoms with E-state index in [1.807, 2.05) is 0 Å². The molecule has 0 saturated heterocycles. The lowest BCUT2D eigenvalue weighted by molar-refractivity contribution is -0.116. The van der Waals surface area contributed by atoms with Gasteiger partial charge in [-0.3, -0.25) is 9.52 Å². The zero-order chi connectivity index (χ0) is 18.9. The molecule has 1 amide bonds. The van der Waals surface area contributed by atoms with Crippen molar-refractivity contribution in [2.45, 2.75) is 30.7 Å². The fraction of sp³-hybridized carbons (Fsp3) is 0.278. The van der Waals surface area contributed by atoms with Crippen molar-refractivity contribution in [3.05, 3.63) is 47.5 Å². The van der Waals surface area contributed by atoms with Gasteiger partial charge in [0.05, 0.1) is 18.5 Å². The van der Waals surface area contributed by atoms with Crippen molar-refractivity contribution in [2.75, 3.05) is 16.7 Å². The zero-order valence-electron chi connectivity index (χ0n) is 14.4. The zero-order valence-corrected chi connectivity index (χ0v) is 16.0. The largest absolute Gasteiger partial charge is 0.495 e. The van der Waals surface area contributed by atoms with Gasteiger partial charge < -0.3 is 9.64 Å². The Kier molecular flexibility index (Phi) is 5.11. The highest BCUT2D eigenvalue weighted by Gasteiger charge is 2.34. The first-order chi connectivity index (χ1) is 12.3. The number of rotatable bonds is 6. The van der Waals surface area contributed by atoms with E-state index in [0.29, 0.717) is 11.4 Å². The highest BCUT2D eigenvalue weighted by atomic mass is 35.5. The second-order valence-corrected chi connectivity index (χ2v) is 8.13. The molecule has 1 saturated carbocycles. The van der Waals surface area contributed by atoms with E-state index in [2.05, 4.69) is 4.72 Å². The van der Waals surface area contributed by atoms with E-state index >= 15 is 0 Å². The number of hydrogen-bond donors (Lipinski definition) is 1. The third kappa shape index (κ3) is 3.78. The molecular weight excluding hydrogens is 376 g/mol. The van der Waals surface area contributed by atoms with E-state index in [4.69, 9.17) is 16.3 Å². The second-order valence-electron chi connectivity index (χ2n) is 6.04. The van der Waals surface area contributed by atoms with Crippen molar-refractivity contribution in [1.82, 2.24) is 0 Å². The third-order valence-electron chi connectivity index (χ3n) is 4.07. The highest BCUT2D eigenvalue weighted by molar-refractivity contribution is 7.92. The van der Waals surface area contributed by atoms with Crippen LogP contribution in [0.25, 0.3) is 0 Å². The van der Waals surface area contributed by atoms with Gasteiger partial charge in [-0.05, 0) is 43.2 Å². The summed E-state index contributed by atoms with van der Waals surface area (Å²) in [6.45, 7) is 1.48. The molecule has 1 N–H and O–H groups in total. The lowest BCUT2D eigenvalue weighted by Crippen LogP contribution is -2.31. The Morgan fingerprint density at radius 2 is 1.92 bits per heavy atom. The topological polar surface area (TPSA) is 75.7 Å². The van der Waals surface area contributed by atoms with Gasteiger partial charge >= 0.3 is 0 Å². The maximum atomic E-state index is 12.9. The molecule has 3 rings (SSSR count). The van der Waals surface area contributed by atoms with Crippen LogP contribution in [0.4, 0.5) is 11.4 Å². The molecule has 1 aliphatic carbocycles. The maximum Gasteiger partial charge on any atom is 0.265 e. The average molecular weight is 395 g/mol. The van der Waals surface area contributed by atoms with Crippen LogP contribution in [-0.2, 0) is 14.8 Å². The molecule has 1 aliphatic rings. The SMILES string of the molecule is COc1ccc(Cl)cc1S(=O)(=O)Nc1ccccc1N(C(C)=O)C1CC1. The number of benzene rings is 2. The van der Waals surface area contributed by atoms with Crippen LogP contribution in [-0.4, -0.2) is 27.5 Å². The molecule has 2 aromatic carbocycles. The van der Waals surface area contributed by atoms with E-state index in [9.17, 15) is 13.2 Å². The number of carbonyl (C=O) groups is 1. The van der Waals surface area contributed by atoms with E-state index in [1.165, 1.54) is 26.2 Å². The van der Waals surface area contributed by atoms with Gasteiger partial charge in [0.25, 0.3) is 10.0 Å². The van der Waals surface area contributed by atoms with Crippen molar-refractivity contribution in [2.24, 2.45) is 0 Å². The number of carbonyl (C=O) groups excluding carboxylic acids is 1. The highest BCUT2D eigenvalue weighted by Crippen LogP contribution is 2.37. The van der Waals surface area contributed by atoms with Crippen LogP contribution in [0.5, 0.6) is 5.75 Å². The van der Waals surface area contributed by atoms with Crippen LogP contribution in [0.15, 0.2) is 47.4 Å². The van der Waals surface area contributed by atoms with Gasteiger partial charge in [-0.25, -0.2) is 8.42 Å². The molecule has 6 nitrogen and oxygen atoms in total. The normalized spacial score (nSPS) is 14.0. The Morgan fingerprint density at radius 3 is 2.54 bits per heavy atom. The molecule has 0 spiro atoms. The minimum Gasteiger partial charge on any atom is -0.495 e. The fourth-order valence-corrected chi connectivity index (χ4v) is 4.29. The molecular formula is C18H19ClN2O4S. The molecule has 0 heterocycles. The van der Waals surface area contributed by atoms with E-state index in [-0.39, 0.29) is 27.6 Å². The molecule has 0 aromatic heterocycles. The number of nitrogens with one attached hydrogen (secondary N) is 1. The summed E-state index contributed by atoms with van der Waals surface area (Å²) >= 11 is 5.96. The summed E-state index contributed by atoms with van der Waals surface area (Å²) in [6, 6.07) is 11.3. The number of anilines is 2. The van der Waals surface area contributed by atoms with E-state index < -0.39 is 10.0 Å². The van der Waals surface area contributed by atoms with E-state index in [0.717, 1.165) is 12.8 Å². The third-order valence-corrected chi connectivity index (χ3v) is 5.70. The van der Waals surface area contributed by atoms with Crippen molar-refractivity contribution < 1.29 is 17.9 Å². The molecule has 0 atom stereocenters. The Bertz CT molecular complexity index is 942. The predicted octanol–water partition coefficient (Wildman–Crippen LogP) is 3.66. The van der Waals surface area contributed by atoms with Gasteiger partial charge in [-0.2, -0.15) is 0 Å². The number of ether oxygens (including phenoxy) is 1. The summed E-state index contributed by atoms with van der Waals surface area (Å²) < 4.78 is 33.5. The summed E-state index contributed by atoms with van der Waals surface area (Å²) in [7, 11) is -2.57. The quantitative estimate of drug-likeness (QED) is 0.811. The number of amides is 1. The molecule has 0 bridgehead atoms. The Hall–Kier alpha value is -2.25. The van der Waals surface area contributed by atoms with E-state index in [1.54, 1.807) is 35.2 Å². The van der Waals surface area contributed by atoms with Crippen molar-refractivity contribution in [3.8, 4) is 5.75 Å². The number of hydrogen-bond acceptors (Lipinski definition) is 4. The summed E-state index contributed by atoms with van der Waals surface area (Å²) in [4.78, 5) is 13.6. The van der Waals surface area contributed by atoms with Crippen LogP contribution in [0.1, 0.15) is 19.8 Å². The van der Waals surface area contributed by atoms with Gasteiger partial charge in [0.2, 0.25) is 5.91 Å². The number of halogens is 1. The summed E-state index contributed by atoms with van der Waals surface area (Å²) in [5, 5.41) is 0.280. The second kappa shape index (κ2) is 7.17. The molecule has 0 aliphatic heterocycles. The fourth-order valence-electron chi connectivity index (χ4n) is 2.79. The van der Waals surface area contributed by atoms with Crippen molar-refractivity contribution in [1.29, 1.82) is 0 Å². The first kappa shape index (κ1) is 18.5. The average Bonchev–Trinajstić information content (AvgIpc) is 3.41. The Labute approximate surface area is 157 Å². The van der Waals surface area contributed by atoms with Gasteiger partial charge in [-0.1, -0.05) is 23.7 Å². The molecule has 26 heavy (non-hydrogen) atoms. The first-order valence-corrected chi connectivity index (χ1v) is 9.95. The standard InChI is InChI=1S/C18H19ClN2O4S/c1-12(22)21(14-8-9-14)16-6-4-3-5-15(16)20-26(23,24)18-11-13(19)7-10-17(18)25-2/h3-7,10-11,14,20H,8-9H2,1-2H3. The number of nitrogens with zero attached hydrogens (tertiary/aromatic N) is 1. The van der Waals surface area contributed by atoms with Crippen LogP contribution in [0, 0.1) is 0 Å². The van der Waals surface area contributed by atoms with Crippen LogP contribution in [0.3, 0.4) is 0 Å². The smallest absolute Gasteiger partial charge is 0.265 e. The molecule has 1 fully saturated rings. The molecule has 0 unspecified atom stereocenters. The first-order valence-electron chi connectivity index (χ1n) is 8.08. The van der Waals surface area contributed by atoms with Gasteiger partial charge in [0.15, 0.2) is 0 Å². The van der Waals surface area contributed by atoms with Gasteiger partial charge in [0.1, 0.15) is 10.6 Å². The summed E-state index contributed by atoms with van der Waals surface area (Å²) in [5.74, 6) is 0.0597. The van der Waals surface area contributed by atoms with Gasteiger partial charge in [0, 0.05) is 18.0 Å². The minimum atomic E-state index is -3.96. The molecule has 0 radical (unpaired) electrons. The molecule has 8 heteroatoms. The lowest BCUT2D eigenvalue weighted by Gasteiger charge is -2.24. The van der Waals surface area contributed by atoms with Crippen LogP contribution in [0.2, 0.25) is 5.02 Å². The summed E-state index contributed by atoms with van der Waals surface area (Å²) in [6.07, 6.45) is 1.81. The number of methoxy groups -OCH3 is 1. The number of sulfonamides is 1. The summed E-state index contributed by atoms with van der Waals surface area (Å²) in [5.41, 5.74) is 0.865. The van der Waals surface area contributed by atoms with Crippen molar-refractivity contribution >= 4 is 38.9 Å². The Morgan fingerprint density at radius 1 is 1.23 bits per heavy atom. The number of para-hydroxylation sites is 2. The Balaban J connectivity index is 2.01. The van der Waals surface area contributed by atoms with Gasteiger partial charge in [-0.15, -0.1) is 0 Å². The van der Waals surface area contributed by atoms with Crippen LogP contribution < -0.4 is 14.4 Å². The maximum absolute atomic E-state index is 12.9. The predicted molar refractivity (Wildman–Crippen MR) is 101 cm³/mol. The van der Waals surface area contributed by atoms with Crippen LogP contribution >= 0.6 is 11.6 Å². The lowest BCUT2D eigenvalue weighted by atomic mass is 10.2. The molecule has 138 valence electrons.